The summed E-state index contributed by atoms with van der Waals surface area (Å²) in [6.07, 6.45) is 1.64. The maximum Gasteiger partial charge on any atom is 0.321 e. The lowest BCUT2D eigenvalue weighted by Gasteiger charge is -2.31. The third-order valence-corrected chi connectivity index (χ3v) is 5.32. The first-order chi connectivity index (χ1) is 14.0. The van der Waals surface area contributed by atoms with Gasteiger partial charge in [0.1, 0.15) is 5.82 Å². The molecular weight excluding hydrogens is 418 g/mol. The topological polar surface area (TPSA) is 71.3 Å². The Kier molecular flexibility index (Phi) is 5.69. The molecule has 0 aliphatic carbocycles. The van der Waals surface area contributed by atoms with E-state index in [0.29, 0.717) is 46.1 Å². The quantitative estimate of drug-likeness (QED) is 0.582. The normalized spacial score (nSPS) is 16.7. The van der Waals surface area contributed by atoms with Crippen molar-refractivity contribution in [2.45, 2.75) is 18.8 Å². The second kappa shape index (κ2) is 8.39. The van der Waals surface area contributed by atoms with Crippen molar-refractivity contribution < 1.29 is 13.7 Å². The lowest BCUT2D eigenvalue weighted by atomic mass is 9.98. The summed E-state index contributed by atoms with van der Waals surface area (Å²) < 4.78 is 18.5. The van der Waals surface area contributed by atoms with Gasteiger partial charge in [-0.15, -0.1) is 0 Å². The van der Waals surface area contributed by atoms with Crippen LogP contribution in [0.4, 0.5) is 14.9 Å². The van der Waals surface area contributed by atoms with E-state index in [4.69, 9.17) is 27.7 Å². The zero-order valence-corrected chi connectivity index (χ0v) is 16.8. The average molecular weight is 435 g/mol. The van der Waals surface area contributed by atoms with Crippen molar-refractivity contribution in [3.05, 3.63) is 64.2 Å². The van der Waals surface area contributed by atoms with Crippen LogP contribution in [0.5, 0.6) is 0 Å². The molecule has 1 aliphatic rings. The molecule has 0 saturated carbocycles. The van der Waals surface area contributed by atoms with Crippen LogP contribution in [0.3, 0.4) is 0 Å². The zero-order valence-electron chi connectivity index (χ0n) is 15.2. The van der Waals surface area contributed by atoms with E-state index in [9.17, 15) is 9.18 Å². The molecule has 1 saturated heterocycles. The Morgan fingerprint density at radius 1 is 1.21 bits per heavy atom. The number of rotatable bonds is 3. The lowest BCUT2D eigenvalue weighted by molar-refractivity contribution is 0.184. The van der Waals surface area contributed by atoms with Crippen LogP contribution in [0.2, 0.25) is 10.0 Å². The Morgan fingerprint density at radius 2 is 2.00 bits per heavy atom. The van der Waals surface area contributed by atoms with Crippen LogP contribution in [0.25, 0.3) is 11.4 Å². The summed E-state index contributed by atoms with van der Waals surface area (Å²) in [4.78, 5) is 18.8. The van der Waals surface area contributed by atoms with Gasteiger partial charge >= 0.3 is 6.03 Å². The van der Waals surface area contributed by atoms with Crippen molar-refractivity contribution in [2.24, 2.45) is 0 Å². The number of hydrogen-bond donors (Lipinski definition) is 1. The predicted molar refractivity (Wildman–Crippen MR) is 109 cm³/mol. The Balaban J connectivity index is 1.44. The van der Waals surface area contributed by atoms with E-state index in [2.05, 4.69) is 15.5 Å². The maximum absolute atomic E-state index is 13.1. The molecule has 9 heteroatoms. The molecular formula is C20H17Cl2FN4O2. The molecule has 0 bridgehead atoms. The number of aromatic nitrogens is 2. The van der Waals surface area contributed by atoms with E-state index >= 15 is 0 Å². The van der Waals surface area contributed by atoms with Crippen molar-refractivity contribution in [1.29, 1.82) is 0 Å². The fraction of sp³-hybridized carbons (Fsp3) is 0.250. The summed E-state index contributed by atoms with van der Waals surface area (Å²) in [6.45, 7) is 1.06. The number of piperidine rings is 1. The van der Waals surface area contributed by atoms with Gasteiger partial charge in [0.15, 0.2) is 0 Å². The number of carbonyl (C=O) groups excluding carboxylic acids is 1. The SMILES string of the molecule is O=C(Nc1ccc(Cl)cc1Cl)N1CCCC(c2nc(-c3ccc(F)cc3)no2)C1. The van der Waals surface area contributed by atoms with Gasteiger partial charge in [0.2, 0.25) is 11.7 Å². The number of likely N-dealkylation sites (tertiary alicyclic amines) is 1. The predicted octanol–water partition coefficient (Wildman–Crippen LogP) is 5.59. The van der Waals surface area contributed by atoms with Crippen molar-refractivity contribution in [2.75, 3.05) is 18.4 Å². The summed E-state index contributed by atoms with van der Waals surface area (Å²) in [5.74, 6) is 0.463. The Hall–Kier alpha value is -2.64. The van der Waals surface area contributed by atoms with Gasteiger partial charge in [-0.1, -0.05) is 28.4 Å². The largest absolute Gasteiger partial charge is 0.339 e. The van der Waals surface area contributed by atoms with Crippen LogP contribution >= 0.6 is 23.2 Å². The summed E-state index contributed by atoms with van der Waals surface area (Å²) in [6, 6.07) is 10.5. The Morgan fingerprint density at radius 3 is 2.76 bits per heavy atom. The number of benzene rings is 2. The van der Waals surface area contributed by atoms with E-state index in [1.54, 1.807) is 35.2 Å². The number of amides is 2. The average Bonchev–Trinajstić information content (AvgIpc) is 3.21. The number of nitrogens with one attached hydrogen (secondary N) is 1. The molecule has 1 aliphatic heterocycles. The molecule has 0 spiro atoms. The lowest BCUT2D eigenvalue weighted by Crippen LogP contribution is -2.41. The highest BCUT2D eigenvalue weighted by molar-refractivity contribution is 6.36. The van der Waals surface area contributed by atoms with Gasteiger partial charge < -0.3 is 14.7 Å². The van der Waals surface area contributed by atoms with Gasteiger partial charge in [-0.05, 0) is 55.3 Å². The van der Waals surface area contributed by atoms with Crippen molar-refractivity contribution in [3.63, 3.8) is 0 Å². The third-order valence-electron chi connectivity index (χ3n) is 4.77. The molecule has 1 N–H and O–H groups in total. The molecule has 1 fully saturated rings. The molecule has 2 aromatic carbocycles. The minimum atomic E-state index is -0.327. The zero-order chi connectivity index (χ0) is 20.4. The standard InChI is InChI=1S/C20H17Cl2FN4O2/c21-14-5-8-17(16(22)10-14)24-20(28)27-9-1-2-13(11-27)19-25-18(26-29-19)12-3-6-15(23)7-4-12/h3-8,10,13H,1-2,9,11H2,(H,24,28). The van der Waals surface area contributed by atoms with Crippen molar-refractivity contribution >= 4 is 34.9 Å². The van der Waals surface area contributed by atoms with E-state index in [-0.39, 0.29) is 17.8 Å². The van der Waals surface area contributed by atoms with Crippen LogP contribution in [-0.4, -0.2) is 34.2 Å². The van der Waals surface area contributed by atoms with Crippen LogP contribution in [0.15, 0.2) is 47.0 Å². The number of nitrogens with zero attached hydrogens (tertiary/aromatic N) is 3. The first-order valence-electron chi connectivity index (χ1n) is 9.10. The summed E-state index contributed by atoms with van der Waals surface area (Å²) in [7, 11) is 0. The molecule has 6 nitrogen and oxygen atoms in total. The number of urea groups is 1. The van der Waals surface area contributed by atoms with Gasteiger partial charge in [-0.2, -0.15) is 4.98 Å². The maximum atomic E-state index is 13.1. The fourth-order valence-electron chi connectivity index (χ4n) is 3.27. The smallest absolute Gasteiger partial charge is 0.321 e. The van der Waals surface area contributed by atoms with E-state index in [0.717, 1.165) is 12.8 Å². The molecule has 0 radical (unpaired) electrons. The minimum Gasteiger partial charge on any atom is -0.339 e. The molecule has 1 aromatic heterocycles. The molecule has 3 aromatic rings. The second-order valence-corrected chi connectivity index (χ2v) is 7.65. The highest BCUT2D eigenvalue weighted by atomic mass is 35.5. The molecule has 1 unspecified atom stereocenters. The first-order valence-corrected chi connectivity index (χ1v) is 9.86. The van der Waals surface area contributed by atoms with E-state index in [1.807, 2.05) is 0 Å². The molecule has 2 amide bonds. The molecule has 1 atom stereocenters. The van der Waals surface area contributed by atoms with Crippen LogP contribution in [-0.2, 0) is 0 Å². The summed E-state index contributed by atoms with van der Waals surface area (Å²) in [5.41, 5.74) is 1.17. The number of hydrogen-bond acceptors (Lipinski definition) is 4. The number of carbonyl (C=O) groups is 1. The number of halogens is 3. The van der Waals surface area contributed by atoms with Gasteiger partial charge in [0.05, 0.1) is 16.6 Å². The van der Waals surface area contributed by atoms with E-state index in [1.165, 1.54) is 12.1 Å². The van der Waals surface area contributed by atoms with Crippen LogP contribution in [0.1, 0.15) is 24.7 Å². The Labute approximate surface area is 176 Å². The highest BCUT2D eigenvalue weighted by Crippen LogP contribution is 2.29. The molecule has 4 rings (SSSR count). The number of anilines is 1. The monoisotopic (exact) mass is 434 g/mol. The fourth-order valence-corrected chi connectivity index (χ4v) is 3.72. The third kappa shape index (κ3) is 4.52. The highest BCUT2D eigenvalue weighted by Gasteiger charge is 2.29. The van der Waals surface area contributed by atoms with Gasteiger partial charge in [0.25, 0.3) is 0 Å². The summed E-state index contributed by atoms with van der Waals surface area (Å²) >= 11 is 12.0. The van der Waals surface area contributed by atoms with Crippen molar-refractivity contribution in [1.82, 2.24) is 15.0 Å². The van der Waals surface area contributed by atoms with E-state index < -0.39 is 0 Å². The van der Waals surface area contributed by atoms with Gasteiger partial charge in [0, 0.05) is 23.7 Å². The van der Waals surface area contributed by atoms with Crippen molar-refractivity contribution in [3.8, 4) is 11.4 Å². The van der Waals surface area contributed by atoms with Gasteiger partial charge in [-0.25, -0.2) is 9.18 Å². The van der Waals surface area contributed by atoms with Crippen LogP contribution < -0.4 is 5.32 Å². The first kappa shape index (κ1) is 19.7. The van der Waals surface area contributed by atoms with Crippen LogP contribution in [0, 0.1) is 5.82 Å². The Bertz CT molecular complexity index is 1030. The molecule has 2 heterocycles. The summed E-state index contributed by atoms with van der Waals surface area (Å²) in [5, 5.41) is 7.68. The molecule has 29 heavy (non-hydrogen) atoms. The minimum absolute atomic E-state index is 0.0723. The van der Waals surface area contributed by atoms with Gasteiger partial charge in [-0.3, -0.25) is 0 Å². The molecule has 150 valence electrons. The second-order valence-electron chi connectivity index (χ2n) is 6.80.